The van der Waals surface area contributed by atoms with Crippen LogP contribution < -0.4 is 15.4 Å². The molecule has 0 saturated carbocycles. The normalized spacial score (nSPS) is 16.0. The predicted molar refractivity (Wildman–Crippen MR) is 105 cm³/mol. The lowest BCUT2D eigenvalue weighted by Crippen LogP contribution is -2.18. The fourth-order valence-corrected chi connectivity index (χ4v) is 2.96. The van der Waals surface area contributed by atoms with Crippen molar-refractivity contribution in [2.24, 2.45) is 0 Å². The van der Waals surface area contributed by atoms with Crippen molar-refractivity contribution in [3.63, 3.8) is 0 Å². The molecule has 1 heterocycles. The van der Waals surface area contributed by atoms with Gasteiger partial charge in [0.05, 0.1) is 11.8 Å². The molecule has 2 amide bonds. The van der Waals surface area contributed by atoms with Crippen molar-refractivity contribution in [2.75, 3.05) is 23.8 Å². The summed E-state index contributed by atoms with van der Waals surface area (Å²) in [5, 5.41) is 5.98. The average molecular weight is 389 g/mol. The third kappa shape index (κ3) is 5.45. The van der Waals surface area contributed by atoms with Gasteiger partial charge < -0.3 is 20.1 Å². The quantitative estimate of drug-likeness (QED) is 0.780. The monoisotopic (exact) mass is 388 g/mol. The number of rotatable bonds is 6. The topological polar surface area (TPSA) is 76.7 Å². The summed E-state index contributed by atoms with van der Waals surface area (Å²) in [6.07, 6.45) is 2.08. The number of benzene rings is 2. The smallest absolute Gasteiger partial charge is 0.255 e. The molecule has 1 atom stereocenters. The van der Waals surface area contributed by atoms with E-state index in [2.05, 4.69) is 10.6 Å². The fraction of sp³-hybridized carbons (Fsp3) is 0.300. The molecule has 3 rings (SSSR count). The Bertz CT molecular complexity index is 817. The highest BCUT2D eigenvalue weighted by Crippen LogP contribution is 2.29. The van der Waals surface area contributed by atoms with E-state index in [1.54, 1.807) is 42.5 Å². The SMILES string of the molecule is CC(=O)Nc1ccc(C(=O)Nc2cc(Cl)ccc2OCC2CCCO2)cc1. The van der Waals surface area contributed by atoms with Crippen molar-refractivity contribution in [3.05, 3.63) is 53.1 Å². The molecule has 1 unspecified atom stereocenters. The van der Waals surface area contributed by atoms with Gasteiger partial charge >= 0.3 is 0 Å². The number of carbonyl (C=O) groups excluding carboxylic acids is 2. The van der Waals surface area contributed by atoms with Gasteiger partial charge in [-0.3, -0.25) is 9.59 Å². The van der Waals surface area contributed by atoms with E-state index >= 15 is 0 Å². The number of halogens is 1. The number of nitrogens with one attached hydrogen (secondary N) is 2. The molecule has 6 nitrogen and oxygen atoms in total. The third-order valence-corrected chi connectivity index (χ3v) is 4.34. The molecule has 1 saturated heterocycles. The summed E-state index contributed by atoms with van der Waals surface area (Å²) in [5.74, 6) is 0.0749. The van der Waals surface area contributed by atoms with Gasteiger partial charge in [-0.05, 0) is 55.3 Å². The lowest BCUT2D eigenvalue weighted by molar-refractivity contribution is -0.114. The molecule has 0 radical (unpaired) electrons. The molecule has 1 aliphatic heterocycles. The maximum absolute atomic E-state index is 12.5. The van der Waals surface area contributed by atoms with Gasteiger partial charge in [0.15, 0.2) is 0 Å². The summed E-state index contributed by atoms with van der Waals surface area (Å²) in [7, 11) is 0. The van der Waals surface area contributed by atoms with Crippen molar-refractivity contribution in [1.29, 1.82) is 0 Å². The first-order valence-corrected chi connectivity index (χ1v) is 9.12. The van der Waals surface area contributed by atoms with E-state index in [9.17, 15) is 9.59 Å². The number of carbonyl (C=O) groups is 2. The van der Waals surface area contributed by atoms with Gasteiger partial charge in [0.1, 0.15) is 12.4 Å². The minimum absolute atomic E-state index is 0.0746. The Hall–Kier alpha value is -2.57. The lowest BCUT2D eigenvalue weighted by Gasteiger charge is -2.15. The first kappa shape index (κ1) is 19.2. The maximum Gasteiger partial charge on any atom is 0.255 e. The van der Waals surface area contributed by atoms with E-state index in [4.69, 9.17) is 21.1 Å². The molecule has 0 aromatic heterocycles. The molecule has 0 spiro atoms. The predicted octanol–water partition coefficient (Wildman–Crippen LogP) is 4.11. The van der Waals surface area contributed by atoms with Crippen LogP contribution in [0.5, 0.6) is 5.75 Å². The van der Waals surface area contributed by atoms with Crippen LogP contribution in [0.4, 0.5) is 11.4 Å². The van der Waals surface area contributed by atoms with Crippen LogP contribution in [0.1, 0.15) is 30.1 Å². The van der Waals surface area contributed by atoms with Crippen LogP contribution in [-0.2, 0) is 9.53 Å². The summed E-state index contributed by atoms with van der Waals surface area (Å²) in [4.78, 5) is 23.6. The van der Waals surface area contributed by atoms with E-state index < -0.39 is 0 Å². The van der Waals surface area contributed by atoms with Gasteiger partial charge in [0.2, 0.25) is 5.91 Å². The zero-order chi connectivity index (χ0) is 19.2. The first-order valence-electron chi connectivity index (χ1n) is 8.74. The van der Waals surface area contributed by atoms with Crippen molar-refractivity contribution < 1.29 is 19.1 Å². The van der Waals surface area contributed by atoms with Crippen LogP contribution in [0.15, 0.2) is 42.5 Å². The molecule has 1 fully saturated rings. The van der Waals surface area contributed by atoms with Crippen LogP contribution in [0.25, 0.3) is 0 Å². The Kier molecular flexibility index (Phi) is 6.32. The van der Waals surface area contributed by atoms with Gasteiger partial charge in [-0.25, -0.2) is 0 Å². The second kappa shape index (κ2) is 8.88. The summed E-state index contributed by atoms with van der Waals surface area (Å²) in [5.41, 5.74) is 1.58. The number of amides is 2. The molecule has 1 aliphatic rings. The molecule has 2 N–H and O–H groups in total. The average Bonchev–Trinajstić information content (AvgIpc) is 3.14. The van der Waals surface area contributed by atoms with Crippen LogP contribution in [0.2, 0.25) is 5.02 Å². The third-order valence-electron chi connectivity index (χ3n) is 4.11. The van der Waals surface area contributed by atoms with Crippen molar-refractivity contribution in [1.82, 2.24) is 0 Å². The molecule has 2 aromatic carbocycles. The Morgan fingerprint density at radius 1 is 1.19 bits per heavy atom. The highest BCUT2D eigenvalue weighted by atomic mass is 35.5. The molecule has 2 aromatic rings. The molecule has 0 aliphatic carbocycles. The number of hydrogen-bond acceptors (Lipinski definition) is 4. The summed E-state index contributed by atoms with van der Waals surface area (Å²) >= 11 is 6.07. The minimum Gasteiger partial charge on any atom is -0.489 e. The second-order valence-electron chi connectivity index (χ2n) is 6.30. The molecular weight excluding hydrogens is 368 g/mol. The zero-order valence-electron chi connectivity index (χ0n) is 15.0. The van der Waals surface area contributed by atoms with Gasteiger partial charge in [-0.2, -0.15) is 0 Å². The highest BCUT2D eigenvalue weighted by Gasteiger charge is 2.17. The summed E-state index contributed by atoms with van der Waals surface area (Å²) in [6.45, 7) is 2.61. The van der Waals surface area contributed by atoms with Crippen LogP contribution in [-0.4, -0.2) is 31.1 Å². The van der Waals surface area contributed by atoms with E-state index in [-0.39, 0.29) is 17.9 Å². The fourth-order valence-electron chi connectivity index (χ4n) is 2.79. The molecule has 0 bridgehead atoms. The van der Waals surface area contributed by atoms with Crippen LogP contribution >= 0.6 is 11.6 Å². The van der Waals surface area contributed by atoms with Crippen molar-refractivity contribution >= 4 is 34.8 Å². The van der Waals surface area contributed by atoms with Crippen LogP contribution in [0, 0.1) is 0 Å². The Morgan fingerprint density at radius 2 is 1.96 bits per heavy atom. The molecule has 27 heavy (non-hydrogen) atoms. The van der Waals surface area contributed by atoms with E-state index in [1.165, 1.54) is 6.92 Å². The van der Waals surface area contributed by atoms with Crippen molar-refractivity contribution in [3.8, 4) is 5.75 Å². The second-order valence-corrected chi connectivity index (χ2v) is 6.74. The van der Waals surface area contributed by atoms with Gasteiger partial charge in [-0.15, -0.1) is 0 Å². The number of anilines is 2. The summed E-state index contributed by atoms with van der Waals surface area (Å²) < 4.78 is 11.4. The Balaban J connectivity index is 1.68. The van der Waals surface area contributed by atoms with E-state index in [0.29, 0.717) is 34.3 Å². The standard InChI is InChI=1S/C20H21ClN2O4/c1-13(24)22-16-7-4-14(5-8-16)20(25)23-18-11-15(21)6-9-19(18)27-12-17-3-2-10-26-17/h4-9,11,17H,2-3,10,12H2,1H3,(H,22,24)(H,23,25). The minimum atomic E-state index is -0.298. The first-order chi connectivity index (χ1) is 13.0. The largest absolute Gasteiger partial charge is 0.489 e. The van der Waals surface area contributed by atoms with E-state index in [0.717, 1.165) is 19.4 Å². The summed E-state index contributed by atoms with van der Waals surface area (Å²) in [6, 6.07) is 11.7. The maximum atomic E-state index is 12.5. The number of ether oxygens (including phenoxy) is 2. The highest BCUT2D eigenvalue weighted by molar-refractivity contribution is 6.31. The Labute approximate surface area is 162 Å². The lowest BCUT2D eigenvalue weighted by atomic mass is 10.2. The van der Waals surface area contributed by atoms with Crippen LogP contribution in [0.3, 0.4) is 0 Å². The molecule has 7 heteroatoms. The zero-order valence-corrected chi connectivity index (χ0v) is 15.7. The number of hydrogen-bond donors (Lipinski definition) is 2. The van der Waals surface area contributed by atoms with Gasteiger partial charge in [0.25, 0.3) is 5.91 Å². The van der Waals surface area contributed by atoms with E-state index in [1.807, 2.05) is 0 Å². The molecular formula is C20H21ClN2O4. The van der Waals surface area contributed by atoms with Crippen molar-refractivity contribution in [2.45, 2.75) is 25.9 Å². The van der Waals surface area contributed by atoms with Gasteiger partial charge in [-0.1, -0.05) is 11.6 Å². The van der Waals surface area contributed by atoms with Gasteiger partial charge in [0, 0.05) is 29.8 Å². The Morgan fingerprint density at radius 3 is 2.63 bits per heavy atom. The molecule has 142 valence electrons.